The van der Waals surface area contributed by atoms with Gasteiger partial charge >= 0.3 is 0 Å². The van der Waals surface area contributed by atoms with Gasteiger partial charge in [0.05, 0.1) is 6.54 Å². The standard InChI is InChI=1S/C14H29N3O/c1-11(2)4-5-12(3)16-14(18)10-17-8-6-13(15)7-9-17/h11-13H,4-10,15H2,1-3H3,(H,16,18). The summed E-state index contributed by atoms with van der Waals surface area (Å²) in [5.41, 5.74) is 5.85. The van der Waals surface area contributed by atoms with Crippen molar-refractivity contribution in [2.45, 2.75) is 58.5 Å². The topological polar surface area (TPSA) is 58.4 Å². The Morgan fingerprint density at radius 2 is 1.89 bits per heavy atom. The lowest BCUT2D eigenvalue weighted by Gasteiger charge is -2.29. The molecule has 0 aliphatic carbocycles. The molecule has 1 unspecified atom stereocenters. The van der Waals surface area contributed by atoms with Crippen LogP contribution in [0.1, 0.15) is 46.5 Å². The van der Waals surface area contributed by atoms with Gasteiger partial charge in [-0.05, 0) is 38.5 Å². The van der Waals surface area contributed by atoms with Crippen molar-refractivity contribution >= 4 is 5.91 Å². The van der Waals surface area contributed by atoms with Gasteiger partial charge in [0.1, 0.15) is 0 Å². The van der Waals surface area contributed by atoms with Crippen molar-refractivity contribution in [3.8, 4) is 0 Å². The maximum Gasteiger partial charge on any atom is 0.234 e. The van der Waals surface area contributed by atoms with Crippen molar-refractivity contribution < 1.29 is 4.79 Å². The predicted octanol–water partition coefficient (Wildman–Crippen LogP) is 1.35. The molecule has 3 N–H and O–H groups in total. The van der Waals surface area contributed by atoms with Crippen LogP contribution < -0.4 is 11.1 Å². The fourth-order valence-electron chi connectivity index (χ4n) is 2.29. The summed E-state index contributed by atoms with van der Waals surface area (Å²) in [6.07, 6.45) is 4.25. The first kappa shape index (κ1) is 15.4. The van der Waals surface area contributed by atoms with E-state index in [0.717, 1.165) is 32.4 Å². The summed E-state index contributed by atoms with van der Waals surface area (Å²) < 4.78 is 0. The van der Waals surface area contributed by atoms with Gasteiger partial charge in [-0.1, -0.05) is 13.8 Å². The third kappa shape index (κ3) is 6.36. The summed E-state index contributed by atoms with van der Waals surface area (Å²) in [5.74, 6) is 0.856. The maximum atomic E-state index is 11.9. The minimum atomic E-state index is 0.154. The Kier molecular flexibility index (Phi) is 6.65. The molecule has 0 saturated carbocycles. The van der Waals surface area contributed by atoms with Gasteiger partial charge in [0.25, 0.3) is 0 Å². The highest BCUT2D eigenvalue weighted by Gasteiger charge is 2.18. The number of nitrogens with one attached hydrogen (secondary N) is 1. The van der Waals surface area contributed by atoms with Crippen LogP contribution in [0.15, 0.2) is 0 Å². The van der Waals surface area contributed by atoms with Crippen molar-refractivity contribution in [3.63, 3.8) is 0 Å². The molecule has 4 heteroatoms. The first-order chi connectivity index (χ1) is 8.47. The first-order valence-electron chi connectivity index (χ1n) is 7.24. The van der Waals surface area contributed by atoms with Crippen LogP contribution >= 0.6 is 0 Å². The Hall–Kier alpha value is -0.610. The molecule has 0 aromatic rings. The molecule has 18 heavy (non-hydrogen) atoms. The van der Waals surface area contributed by atoms with E-state index in [1.807, 2.05) is 0 Å². The molecular formula is C14H29N3O. The minimum Gasteiger partial charge on any atom is -0.353 e. The molecule has 1 aliphatic rings. The highest BCUT2D eigenvalue weighted by Crippen LogP contribution is 2.08. The number of nitrogens with two attached hydrogens (primary N) is 1. The van der Waals surface area contributed by atoms with E-state index < -0.39 is 0 Å². The number of rotatable bonds is 6. The second-order valence-electron chi connectivity index (χ2n) is 6.05. The van der Waals surface area contributed by atoms with E-state index in [1.165, 1.54) is 6.42 Å². The summed E-state index contributed by atoms with van der Waals surface area (Å²) in [4.78, 5) is 14.1. The lowest BCUT2D eigenvalue weighted by molar-refractivity contribution is -0.123. The number of hydrogen-bond donors (Lipinski definition) is 2. The van der Waals surface area contributed by atoms with Crippen LogP contribution in [0.5, 0.6) is 0 Å². The zero-order valence-corrected chi connectivity index (χ0v) is 12.1. The van der Waals surface area contributed by atoms with Crippen LogP contribution in [0.4, 0.5) is 0 Å². The van der Waals surface area contributed by atoms with Crippen molar-refractivity contribution in [1.29, 1.82) is 0 Å². The van der Waals surface area contributed by atoms with Crippen molar-refractivity contribution in [1.82, 2.24) is 10.2 Å². The largest absolute Gasteiger partial charge is 0.353 e. The minimum absolute atomic E-state index is 0.154. The van der Waals surface area contributed by atoms with Crippen molar-refractivity contribution in [2.24, 2.45) is 11.7 Å². The number of piperidine rings is 1. The monoisotopic (exact) mass is 255 g/mol. The first-order valence-corrected chi connectivity index (χ1v) is 7.24. The lowest BCUT2D eigenvalue weighted by Crippen LogP contribution is -2.46. The third-order valence-corrected chi connectivity index (χ3v) is 3.58. The number of amides is 1. The molecule has 106 valence electrons. The quantitative estimate of drug-likeness (QED) is 0.753. The zero-order valence-electron chi connectivity index (χ0n) is 12.1. The van der Waals surface area contributed by atoms with Crippen molar-refractivity contribution in [2.75, 3.05) is 19.6 Å². The molecule has 0 bridgehead atoms. The van der Waals surface area contributed by atoms with E-state index in [1.54, 1.807) is 0 Å². The average Bonchev–Trinajstić information content (AvgIpc) is 2.29. The Labute approximate surface area is 111 Å². The van der Waals surface area contributed by atoms with Crippen LogP contribution in [0.3, 0.4) is 0 Å². The number of nitrogens with zero attached hydrogens (tertiary/aromatic N) is 1. The third-order valence-electron chi connectivity index (χ3n) is 3.58. The van der Waals surface area contributed by atoms with E-state index in [4.69, 9.17) is 5.73 Å². The molecule has 1 atom stereocenters. The van der Waals surface area contributed by atoms with Crippen molar-refractivity contribution in [3.05, 3.63) is 0 Å². The van der Waals surface area contributed by atoms with Gasteiger partial charge < -0.3 is 11.1 Å². The highest BCUT2D eigenvalue weighted by atomic mass is 16.2. The van der Waals surface area contributed by atoms with Gasteiger partial charge in [-0.2, -0.15) is 0 Å². The molecule has 1 rings (SSSR count). The molecular weight excluding hydrogens is 226 g/mol. The van der Waals surface area contributed by atoms with Crippen LogP contribution in [0.2, 0.25) is 0 Å². The molecule has 1 heterocycles. The predicted molar refractivity (Wildman–Crippen MR) is 75.3 cm³/mol. The Morgan fingerprint density at radius 3 is 2.44 bits per heavy atom. The van der Waals surface area contributed by atoms with Gasteiger partial charge in [-0.15, -0.1) is 0 Å². The van der Waals surface area contributed by atoms with Gasteiger partial charge in [-0.25, -0.2) is 0 Å². The van der Waals surface area contributed by atoms with E-state index in [0.29, 0.717) is 18.5 Å². The maximum absolute atomic E-state index is 11.9. The van der Waals surface area contributed by atoms with E-state index in [2.05, 4.69) is 31.0 Å². The summed E-state index contributed by atoms with van der Waals surface area (Å²) in [5, 5.41) is 3.08. The molecule has 4 nitrogen and oxygen atoms in total. The fraction of sp³-hybridized carbons (Fsp3) is 0.929. The summed E-state index contributed by atoms with van der Waals surface area (Å²) >= 11 is 0. The summed E-state index contributed by atoms with van der Waals surface area (Å²) in [6.45, 7) is 8.95. The smallest absolute Gasteiger partial charge is 0.234 e. The Morgan fingerprint density at radius 1 is 1.28 bits per heavy atom. The number of carbonyl (C=O) groups is 1. The van der Waals surface area contributed by atoms with E-state index in [-0.39, 0.29) is 11.9 Å². The zero-order chi connectivity index (χ0) is 13.5. The van der Waals surface area contributed by atoms with Gasteiger partial charge in [0, 0.05) is 25.2 Å². The molecule has 0 spiro atoms. The molecule has 1 saturated heterocycles. The van der Waals surface area contributed by atoms with Crippen LogP contribution in [-0.2, 0) is 4.79 Å². The van der Waals surface area contributed by atoms with E-state index >= 15 is 0 Å². The summed E-state index contributed by atoms with van der Waals surface area (Å²) in [7, 11) is 0. The number of hydrogen-bond acceptors (Lipinski definition) is 3. The molecule has 1 fully saturated rings. The Balaban J connectivity index is 2.16. The molecule has 0 aromatic carbocycles. The van der Waals surface area contributed by atoms with Crippen LogP contribution in [0, 0.1) is 5.92 Å². The number of likely N-dealkylation sites (tertiary alicyclic amines) is 1. The Bertz CT molecular complexity index is 247. The molecule has 0 aromatic heterocycles. The second kappa shape index (κ2) is 7.74. The van der Waals surface area contributed by atoms with Gasteiger partial charge in [0.2, 0.25) is 5.91 Å². The average molecular weight is 255 g/mol. The lowest BCUT2D eigenvalue weighted by atomic mass is 10.0. The fourth-order valence-corrected chi connectivity index (χ4v) is 2.29. The SMILES string of the molecule is CC(C)CCC(C)NC(=O)CN1CCC(N)CC1. The molecule has 1 aliphatic heterocycles. The van der Waals surface area contributed by atoms with Gasteiger partial charge in [0.15, 0.2) is 0 Å². The molecule has 0 radical (unpaired) electrons. The molecule has 1 amide bonds. The number of carbonyl (C=O) groups excluding carboxylic acids is 1. The highest BCUT2D eigenvalue weighted by molar-refractivity contribution is 5.78. The van der Waals surface area contributed by atoms with E-state index in [9.17, 15) is 4.79 Å². The normalized spacial score (nSPS) is 20.1. The summed E-state index contributed by atoms with van der Waals surface area (Å²) in [6, 6.07) is 0.612. The van der Waals surface area contributed by atoms with Crippen LogP contribution in [0.25, 0.3) is 0 Å². The van der Waals surface area contributed by atoms with Crippen LogP contribution in [-0.4, -0.2) is 42.5 Å². The van der Waals surface area contributed by atoms with Gasteiger partial charge in [-0.3, -0.25) is 9.69 Å². The second-order valence-corrected chi connectivity index (χ2v) is 6.05.